The molecule has 0 aliphatic carbocycles. The largest absolute Gasteiger partial charge is 0.298 e. The molecule has 1 aromatic heterocycles. The average Bonchev–Trinajstić information content (AvgIpc) is 3.21. The summed E-state index contributed by atoms with van der Waals surface area (Å²) < 4.78 is 27.4. The number of carbonyl (C=O) groups excluding carboxylic acids is 1. The number of sulfonamides is 1. The highest BCUT2D eigenvalue weighted by atomic mass is 35.5. The van der Waals surface area contributed by atoms with Crippen molar-refractivity contribution in [3.8, 4) is 0 Å². The Bertz CT molecular complexity index is 1170. The van der Waals surface area contributed by atoms with Gasteiger partial charge in [0, 0.05) is 30.6 Å². The molecule has 162 valence electrons. The number of aromatic nitrogens is 1. The van der Waals surface area contributed by atoms with Gasteiger partial charge >= 0.3 is 0 Å². The molecule has 2 aromatic carbocycles. The predicted octanol–water partition coefficient (Wildman–Crippen LogP) is 4.81. The van der Waals surface area contributed by atoms with Crippen molar-refractivity contribution < 1.29 is 13.2 Å². The smallest absolute Gasteiger partial charge is 0.259 e. The lowest BCUT2D eigenvalue weighted by Crippen LogP contribution is -2.35. The molecule has 2 heterocycles. The van der Waals surface area contributed by atoms with E-state index in [4.69, 9.17) is 11.6 Å². The molecule has 1 fully saturated rings. The van der Waals surface area contributed by atoms with Gasteiger partial charge in [-0.3, -0.25) is 10.1 Å². The van der Waals surface area contributed by atoms with E-state index in [9.17, 15) is 13.2 Å². The van der Waals surface area contributed by atoms with Gasteiger partial charge in [-0.1, -0.05) is 48.4 Å². The van der Waals surface area contributed by atoms with Crippen molar-refractivity contribution in [2.45, 2.75) is 30.6 Å². The van der Waals surface area contributed by atoms with Crippen LogP contribution in [-0.2, 0) is 16.4 Å². The predicted molar refractivity (Wildman–Crippen MR) is 123 cm³/mol. The van der Waals surface area contributed by atoms with Crippen molar-refractivity contribution in [3.05, 3.63) is 75.8 Å². The van der Waals surface area contributed by atoms with Crippen LogP contribution in [0.25, 0.3) is 0 Å². The van der Waals surface area contributed by atoms with E-state index in [0.29, 0.717) is 18.2 Å². The number of nitrogens with one attached hydrogen (secondary N) is 1. The quantitative estimate of drug-likeness (QED) is 0.554. The molecule has 6 nitrogen and oxygen atoms in total. The summed E-state index contributed by atoms with van der Waals surface area (Å²) in [5, 5.41) is 3.37. The Morgan fingerprint density at radius 1 is 1.10 bits per heavy atom. The number of carbonyl (C=O) groups is 1. The first-order chi connectivity index (χ1) is 14.9. The van der Waals surface area contributed by atoms with Gasteiger partial charge in [0.25, 0.3) is 5.91 Å². The van der Waals surface area contributed by atoms with Crippen LogP contribution in [0.3, 0.4) is 0 Å². The van der Waals surface area contributed by atoms with E-state index in [1.165, 1.54) is 33.8 Å². The van der Waals surface area contributed by atoms with Crippen LogP contribution in [0, 0.1) is 0 Å². The van der Waals surface area contributed by atoms with Gasteiger partial charge in [-0.15, -0.1) is 11.3 Å². The zero-order chi connectivity index (χ0) is 21.8. The van der Waals surface area contributed by atoms with E-state index < -0.39 is 15.9 Å². The second-order valence-electron chi connectivity index (χ2n) is 7.35. The fourth-order valence-electron chi connectivity index (χ4n) is 3.50. The maximum absolute atomic E-state index is 12.9. The Morgan fingerprint density at radius 2 is 1.84 bits per heavy atom. The molecule has 1 amide bonds. The Hall–Kier alpha value is -2.26. The lowest BCUT2D eigenvalue weighted by atomic mass is 10.1. The molecule has 31 heavy (non-hydrogen) atoms. The summed E-state index contributed by atoms with van der Waals surface area (Å²) in [6, 6.07) is 14.2. The van der Waals surface area contributed by atoms with Gasteiger partial charge < -0.3 is 0 Å². The second kappa shape index (κ2) is 9.48. The Balaban J connectivity index is 1.50. The summed E-state index contributed by atoms with van der Waals surface area (Å²) in [4.78, 5) is 18.2. The van der Waals surface area contributed by atoms with Crippen molar-refractivity contribution in [3.63, 3.8) is 0 Å². The molecular weight excluding hydrogens is 454 g/mol. The fourth-order valence-corrected chi connectivity index (χ4v) is 6.09. The summed E-state index contributed by atoms with van der Waals surface area (Å²) >= 11 is 7.60. The van der Waals surface area contributed by atoms with Crippen LogP contribution in [-0.4, -0.2) is 36.7 Å². The molecule has 0 atom stereocenters. The van der Waals surface area contributed by atoms with Gasteiger partial charge in [0.05, 0.1) is 15.5 Å². The normalized spacial score (nSPS) is 15.0. The number of halogens is 1. The molecular formula is C22H22ClN3O3S2. The van der Waals surface area contributed by atoms with E-state index in [1.54, 1.807) is 6.20 Å². The van der Waals surface area contributed by atoms with Crippen LogP contribution < -0.4 is 5.32 Å². The Morgan fingerprint density at radius 3 is 2.58 bits per heavy atom. The Kier molecular flexibility index (Phi) is 6.71. The standard InChI is InChI=1S/C22H22ClN3O3S2/c23-20-10-9-18(31(28,29)26-11-5-2-6-12-26)14-19(20)21(27)25-22-24-15-17(30-22)13-16-7-3-1-4-8-16/h1,3-4,7-10,14-15H,2,5-6,11-13H2,(H,24,25,27). The van der Waals surface area contributed by atoms with Crippen LogP contribution in [0.15, 0.2) is 59.6 Å². The summed E-state index contributed by atoms with van der Waals surface area (Å²) in [6.07, 6.45) is 5.16. The minimum Gasteiger partial charge on any atom is -0.298 e. The van der Waals surface area contributed by atoms with E-state index in [2.05, 4.69) is 10.3 Å². The number of anilines is 1. The number of hydrogen-bond donors (Lipinski definition) is 1. The Labute approximate surface area is 190 Å². The van der Waals surface area contributed by atoms with Gasteiger partial charge in [-0.2, -0.15) is 4.31 Å². The molecule has 1 aliphatic rings. The molecule has 0 spiro atoms. The molecule has 1 aliphatic heterocycles. The summed E-state index contributed by atoms with van der Waals surface area (Å²) in [5.41, 5.74) is 1.27. The third-order valence-electron chi connectivity index (χ3n) is 5.13. The first-order valence-electron chi connectivity index (χ1n) is 10.0. The summed E-state index contributed by atoms with van der Waals surface area (Å²) in [6.45, 7) is 0.992. The monoisotopic (exact) mass is 475 g/mol. The van der Waals surface area contributed by atoms with Gasteiger partial charge in [0.2, 0.25) is 10.0 Å². The van der Waals surface area contributed by atoms with E-state index in [1.807, 2.05) is 30.3 Å². The number of hydrogen-bond acceptors (Lipinski definition) is 5. The number of piperidine rings is 1. The fraction of sp³-hybridized carbons (Fsp3) is 0.273. The molecule has 3 aromatic rings. The van der Waals surface area contributed by atoms with Crippen LogP contribution in [0.5, 0.6) is 0 Å². The SMILES string of the molecule is O=C(Nc1ncc(Cc2ccccc2)s1)c1cc(S(=O)(=O)N2CCCCC2)ccc1Cl. The zero-order valence-corrected chi connectivity index (χ0v) is 19.1. The van der Waals surface area contributed by atoms with Gasteiger partial charge in [-0.05, 0) is 36.6 Å². The maximum Gasteiger partial charge on any atom is 0.259 e. The molecule has 0 bridgehead atoms. The summed E-state index contributed by atoms with van der Waals surface area (Å²) in [7, 11) is -3.66. The van der Waals surface area contributed by atoms with Crippen molar-refractivity contribution >= 4 is 44.0 Å². The van der Waals surface area contributed by atoms with Crippen LogP contribution in [0.4, 0.5) is 5.13 Å². The first-order valence-corrected chi connectivity index (χ1v) is 12.7. The van der Waals surface area contributed by atoms with Crippen LogP contribution >= 0.6 is 22.9 Å². The number of thiazole rings is 1. The van der Waals surface area contributed by atoms with E-state index >= 15 is 0 Å². The second-order valence-corrected chi connectivity index (χ2v) is 10.8. The van der Waals surface area contributed by atoms with E-state index in [-0.39, 0.29) is 15.5 Å². The molecule has 0 unspecified atom stereocenters. The first kappa shape index (κ1) is 22.0. The maximum atomic E-state index is 12.9. The highest BCUT2D eigenvalue weighted by Gasteiger charge is 2.27. The molecule has 0 radical (unpaired) electrons. The minimum absolute atomic E-state index is 0.0767. The lowest BCUT2D eigenvalue weighted by Gasteiger charge is -2.26. The molecule has 0 saturated carbocycles. The van der Waals surface area contributed by atoms with Gasteiger partial charge in [-0.25, -0.2) is 13.4 Å². The lowest BCUT2D eigenvalue weighted by molar-refractivity contribution is 0.102. The molecule has 9 heteroatoms. The van der Waals surface area contributed by atoms with Crippen molar-refractivity contribution in [1.29, 1.82) is 0 Å². The number of rotatable bonds is 6. The molecule has 1 saturated heterocycles. The van der Waals surface area contributed by atoms with Gasteiger partial charge in [0.1, 0.15) is 0 Å². The third-order valence-corrected chi connectivity index (χ3v) is 8.27. The molecule has 1 N–H and O–H groups in total. The van der Waals surface area contributed by atoms with Crippen LogP contribution in [0.1, 0.15) is 40.1 Å². The van der Waals surface area contributed by atoms with E-state index in [0.717, 1.165) is 36.1 Å². The van der Waals surface area contributed by atoms with Crippen molar-refractivity contribution in [2.75, 3.05) is 18.4 Å². The average molecular weight is 476 g/mol. The van der Waals surface area contributed by atoms with Gasteiger partial charge in [0.15, 0.2) is 5.13 Å². The topological polar surface area (TPSA) is 79.4 Å². The highest BCUT2D eigenvalue weighted by Crippen LogP contribution is 2.27. The zero-order valence-electron chi connectivity index (χ0n) is 16.8. The number of nitrogens with zero attached hydrogens (tertiary/aromatic N) is 2. The highest BCUT2D eigenvalue weighted by molar-refractivity contribution is 7.89. The van der Waals surface area contributed by atoms with Crippen LogP contribution in [0.2, 0.25) is 5.02 Å². The third kappa shape index (κ3) is 5.15. The van der Waals surface area contributed by atoms with Crippen molar-refractivity contribution in [2.24, 2.45) is 0 Å². The summed E-state index contributed by atoms with van der Waals surface area (Å²) in [5.74, 6) is -0.485. The minimum atomic E-state index is -3.66. The molecule has 4 rings (SSSR count). The number of amides is 1. The number of benzene rings is 2. The van der Waals surface area contributed by atoms with Crippen molar-refractivity contribution in [1.82, 2.24) is 9.29 Å².